The van der Waals surface area contributed by atoms with Crippen LogP contribution in [0.3, 0.4) is 0 Å². The Hall–Kier alpha value is -2.16. The first-order valence-corrected chi connectivity index (χ1v) is 4.94. The Kier molecular flexibility index (Phi) is 4.21. The quantitative estimate of drug-likeness (QED) is 0.450. The van der Waals surface area contributed by atoms with E-state index in [0.29, 0.717) is 0 Å². The number of rotatable bonds is 0. The Morgan fingerprint density at radius 1 is 0.875 bits per heavy atom. The second-order valence-corrected chi connectivity index (χ2v) is 3.46. The summed E-state index contributed by atoms with van der Waals surface area (Å²) in [5, 5.41) is 14.1. The summed E-state index contributed by atoms with van der Waals surface area (Å²) < 4.78 is 0. The van der Waals surface area contributed by atoms with Crippen LogP contribution in [0.15, 0.2) is 48.6 Å². The van der Waals surface area contributed by atoms with Crippen LogP contribution in [0, 0.1) is 17.7 Å². The van der Waals surface area contributed by atoms with Crippen molar-refractivity contribution in [2.24, 2.45) is 0 Å². The predicted octanol–water partition coefficient (Wildman–Crippen LogP) is 2.73. The van der Waals surface area contributed by atoms with Gasteiger partial charge in [-0.05, 0) is 31.2 Å². The molecule has 82 valence electrons. The molecule has 0 amide bonds. The molecular formula is C13H15N3. The van der Waals surface area contributed by atoms with Crippen LogP contribution < -0.4 is 5.73 Å². The number of allylic oxidation sites excluding steroid dienone is 4. The number of hydrogen-bond acceptors (Lipinski definition) is 3. The number of nitrogens with one attached hydrogen (secondary N) is 2. The summed E-state index contributed by atoms with van der Waals surface area (Å²) in [4.78, 5) is 0. The standard InChI is InChI=1S/C7H9N.C6H6N2/c1-6-2-4-7(8)5-3-6;7-5-3-1-2-4-6(5)8/h2-5H,8H2,1H3;1-4,7-8H. The van der Waals surface area contributed by atoms with Gasteiger partial charge in [0.2, 0.25) is 0 Å². The van der Waals surface area contributed by atoms with E-state index in [-0.39, 0.29) is 11.4 Å². The molecule has 0 saturated heterocycles. The molecule has 0 aliphatic heterocycles. The topological polar surface area (TPSA) is 73.7 Å². The van der Waals surface area contributed by atoms with E-state index in [1.54, 1.807) is 24.3 Å². The molecule has 1 aromatic rings. The Morgan fingerprint density at radius 3 is 1.62 bits per heavy atom. The number of nitrogens with two attached hydrogens (primary N) is 1. The Bertz CT molecular complexity index is 396. The molecule has 0 spiro atoms. The molecule has 1 aliphatic rings. The monoisotopic (exact) mass is 213 g/mol. The van der Waals surface area contributed by atoms with E-state index >= 15 is 0 Å². The van der Waals surface area contributed by atoms with Gasteiger partial charge in [-0.3, -0.25) is 10.8 Å². The maximum Gasteiger partial charge on any atom is 0.0789 e. The minimum Gasteiger partial charge on any atom is -0.399 e. The third-order valence-electron chi connectivity index (χ3n) is 2.00. The van der Waals surface area contributed by atoms with Crippen LogP contribution in [0.25, 0.3) is 0 Å². The first-order valence-electron chi connectivity index (χ1n) is 4.94. The Labute approximate surface area is 95.3 Å². The number of hydrogen-bond donors (Lipinski definition) is 3. The van der Waals surface area contributed by atoms with E-state index < -0.39 is 0 Å². The summed E-state index contributed by atoms with van der Waals surface area (Å²) in [6.07, 6.45) is 6.70. The molecule has 0 aromatic heterocycles. The molecule has 0 fully saturated rings. The Morgan fingerprint density at radius 2 is 1.31 bits per heavy atom. The molecule has 0 heterocycles. The highest BCUT2D eigenvalue weighted by Crippen LogP contribution is 2.02. The van der Waals surface area contributed by atoms with Gasteiger partial charge < -0.3 is 5.73 Å². The van der Waals surface area contributed by atoms with Crippen LogP contribution in [-0.2, 0) is 0 Å². The summed E-state index contributed by atoms with van der Waals surface area (Å²) in [5.74, 6) is 0. The maximum absolute atomic E-state index is 7.03. The van der Waals surface area contributed by atoms with Crippen molar-refractivity contribution in [3.8, 4) is 0 Å². The number of aryl methyl sites for hydroxylation is 1. The smallest absolute Gasteiger partial charge is 0.0789 e. The maximum atomic E-state index is 7.03. The summed E-state index contributed by atoms with van der Waals surface area (Å²) in [6.45, 7) is 2.04. The molecule has 2 rings (SSSR count). The van der Waals surface area contributed by atoms with Crippen molar-refractivity contribution in [1.82, 2.24) is 0 Å². The molecule has 3 heteroatoms. The predicted molar refractivity (Wildman–Crippen MR) is 69.3 cm³/mol. The molecule has 3 nitrogen and oxygen atoms in total. The molecule has 0 atom stereocenters. The lowest BCUT2D eigenvalue weighted by Crippen LogP contribution is -2.06. The van der Waals surface area contributed by atoms with E-state index in [2.05, 4.69) is 0 Å². The first-order chi connectivity index (χ1) is 7.59. The molecule has 0 radical (unpaired) electrons. The summed E-state index contributed by atoms with van der Waals surface area (Å²) in [5.41, 5.74) is 8.07. The summed E-state index contributed by atoms with van der Waals surface area (Å²) in [7, 11) is 0. The molecule has 0 saturated carbocycles. The molecule has 0 bridgehead atoms. The van der Waals surface area contributed by atoms with Crippen molar-refractivity contribution >= 4 is 17.1 Å². The van der Waals surface area contributed by atoms with Gasteiger partial charge in [0, 0.05) is 5.69 Å². The van der Waals surface area contributed by atoms with Gasteiger partial charge in [0.1, 0.15) is 0 Å². The number of nitrogen functional groups attached to an aromatic ring is 1. The highest BCUT2D eigenvalue weighted by molar-refractivity contribution is 6.48. The normalized spacial score (nSPS) is 13.3. The number of anilines is 1. The van der Waals surface area contributed by atoms with Gasteiger partial charge in [-0.15, -0.1) is 0 Å². The average molecular weight is 213 g/mol. The fraction of sp³-hybridized carbons (Fsp3) is 0.0769. The summed E-state index contributed by atoms with van der Waals surface area (Å²) >= 11 is 0. The zero-order valence-corrected chi connectivity index (χ0v) is 9.20. The fourth-order valence-electron chi connectivity index (χ4n) is 1.05. The van der Waals surface area contributed by atoms with Crippen LogP contribution in [0.2, 0.25) is 0 Å². The molecule has 4 N–H and O–H groups in total. The van der Waals surface area contributed by atoms with Crippen LogP contribution in [0.5, 0.6) is 0 Å². The van der Waals surface area contributed by atoms with Crippen molar-refractivity contribution in [3.05, 3.63) is 54.1 Å². The zero-order valence-electron chi connectivity index (χ0n) is 9.20. The van der Waals surface area contributed by atoms with Gasteiger partial charge in [0.15, 0.2) is 0 Å². The zero-order chi connectivity index (χ0) is 12.0. The largest absolute Gasteiger partial charge is 0.399 e. The van der Waals surface area contributed by atoms with E-state index in [1.807, 2.05) is 31.2 Å². The molecule has 1 aliphatic carbocycles. The van der Waals surface area contributed by atoms with Gasteiger partial charge in [-0.25, -0.2) is 0 Å². The van der Waals surface area contributed by atoms with E-state index in [9.17, 15) is 0 Å². The van der Waals surface area contributed by atoms with Gasteiger partial charge in [-0.1, -0.05) is 29.8 Å². The van der Waals surface area contributed by atoms with Crippen LogP contribution in [0.4, 0.5) is 5.69 Å². The molecule has 1 aromatic carbocycles. The lowest BCUT2D eigenvalue weighted by atomic mass is 10.1. The fourth-order valence-corrected chi connectivity index (χ4v) is 1.05. The van der Waals surface area contributed by atoms with Gasteiger partial charge in [0.05, 0.1) is 11.4 Å². The first kappa shape index (κ1) is 11.9. The number of benzene rings is 1. The lowest BCUT2D eigenvalue weighted by molar-refractivity contribution is 1.47. The summed E-state index contributed by atoms with van der Waals surface area (Å²) in [6, 6.07) is 7.79. The van der Waals surface area contributed by atoms with Crippen molar-refractivity contribution < 1.29 is 0 Å². The second kappa shape index (κ2) is 5.66. The molecule has 0 unspecified atom stereocenters. The van der Waals surface area contributed by atoms with E-state index in [1.165, 1.54) is 5.56 Å². The van der Waals surface area contributed by atoms with Crippen LogP contribution in [-0.4, -0.2) is 11.4 Å². The SMILES string of the molecule is Cc1ccc(N)cc1.N=C1C=CC=CC1=N. The average Bonchev–Trinajstić information content (AvgIpc) is 2.28. The van der Waals surface area contributed by atoms with Gasteiger partial charge >= 0.3 is 0 Å². The molecule has 16 heavy (non-hydrogen) atoms. The lowest BCUT2D eigenvalue weighted by Gasteiger charge is -1.96. The van der Waals surface area contributed by atoms with Crippen LogP contribution in [0.1, 0.15) is 5.56 Å². The van der Waals surface area contributed by atoms with Crippen molar-refractivity contribution in [1.29, 1.82) is 10.8 Å². The van der Waals surface area contributed by atoms with Gasteiger partial charge in [0.25, 0.3) is 0 Å². The highest BCUT2D eigenvalue weighted by Gasteiger charge is 1.97. The minimum atomic E-state index is 0.285. The molecular weight excluding hydrogens is 198 g/mol. The Balaban J connectivity index is 0.000000160. The van der Waals surface area contributed by atoms with Gasteiger partial charge in [-0.2, -0.15) is 0 Å². The second-order valence-electron chi connectivity index (χ2n) is 3.46. The van der Waals surface area contributed by atoms with E-state index in [4.69, 9.17) is 16.6 Å². The van der Waals surface area contributed by atoms with Crippen LogP contribution >= 0.6 is 0 Å². The van der Waals surface area contributed by atoms with E-state index in [0.717, 1.165) is 5.69 Å². The highest BCUT2D eigenvalue weighted by atomic mass is 14.5. The van der Waals surface area contributed by atoms with Crippen molar-refractivity contribution in [3.63, 3.8) is 0 Å². The third-order valence-corrected chi connectivity index (χ3v) is 2.00. The van der Waals surface area contributed by atoms with Crippen molar-refractivity contribution in [2.75, 3.05) is 5.73 Å². The third kappa shape index (κ3) is 3.92. The van der Waals surface area contributed by atoms with Crippen molar-refractivity contribution in [2.45, 2.75) is 6.92 Å². The minimum absolute atomic E-state index is 0.285.